The van der Waals surface area contributed by atoms with Gasteiger partial charge in [-0.25, -0.2) is 4.68 Å². The molecule has 0 fully saturated rings. The SMILES string of the molecule is C=C(C)CN=c1scc(-c2ccc(OC)cc2OC)n1N=Cc1ccc(OCCC)cc1O. The van der Waals surface area contributed by atoms with Gasteiger partial charge in [0.25, 0.3) is 0 Å². The molecule has 0 aliphatic rings. The summed E-state index contributed by atoms with van der Waals surface area (Å²) in [6.45, 7) is 8.98. The number of ether oxygens (including phenoxy) is 3. The number of rotatable bonds is 10. The Morgan fingerprint density at radius 1 is 1.15 bits per heavy atom. The number of nitrogens with zero attached hydrogens (tertiary/aromatic N) is 3. The molecule has 0 unspecified atom stereocenters. The van der Waals surface area contributed by atoms with Crippen LogP contribution in [0.25, 0.3) is 11.3 Å². The highest BCUT2D eigenvalue weighted by Gasteiger charge is 2.14. The minimum absolute atomic E-state index is 0.0900. The van der Waals surface area contributed by atoms with E-state index in [2.05, 4.69) is 16.7 Å². The summed E-state index contributed by atoms with van der Waals surface area (Å²) in [7, 11) is 3.23. The number of hydrogen-bond acceptors (Lipinski definition) is 7. The maximum absolute atomic E-state index is 10.4. The molecule has 8 heteroatoms. The molecule has 0 spiro atoms. The summed E-state index contributed by atoms with van der Waals surface area (Å²) < 4.78 is 18.2. The zero-order chi connectivity index (χ0) is 23.8. The summed E-state index contributed by atoms with van der Waals surface area (Å²) in [5.41, 5.74) is 3.16. The molecule has 3 rings (SSSR count). The molecule has 174 valence electrons. The van der Waals surface area contributed by atoms with Gasteiger partial charge in [-0.1, -0.05) is 19.1 Å². The summed E-state index contributed by atoms with van der Waals surface area (Å²) in [6, 6.07) is 10.8. The van der Waals surface area contributed by atoms with Gasteiger partial charge in [0.15, 0.2) is 0 Å². The van der Waals surface area contributed by atoms with E-state index >= 15 is 0 Å². The lowest BCUT2D eigenvalue weighted by atomic mass is 10.1. The molecule has 1 N–H and O–H groups in total. The minimum atomic E-state index is 0.0900. The van der Waals surface area contributed by atoms with Gasteiger partial charge in [-0.2, -0.15) is 5.10 Å². The van der Waals surface area contributed by atoms with Gasteiger partial charge in [-0.15, -0.1) is 11.3 Å². The van der Waals surface area contributed by atoms with Gasteiger partial charge >= 0.3 is 0 Å². The Kier molecular flexibility index (Phi) is 8.32. The first-order valence-electron chi connectivity index (χ1n) is 10.5. The maximum atomic E-state index is 10.4. The van der Waals surface area contributed by atoms with Crippen LogP contribution in [0.5, 0.6) is 23.0 Å². The molecule has 7 nitrogen and oxygen atoms in total. The van der Waals surface area contributed by atoms with Crippen molar-refractivity contribution in [1.29, 1.82) is 0 Å². The quantitative estimate of drug-likeness (QED) is 0.333. The van der Waals surface area contributed by atoms with E-state index in [-0.39, 0.29) is 5.75 Å². The maximum Gasteiger partial charge on any atom is 0.206 e. The third kappa shape index (κ3) is 6.04. The number of phenolic OH excluding ortho intramolecular Hbond substituents is 1. The summed E-state index contributed by atoms with van der Waals surface area (Å²) >= 11 is 1.47. The monoisotopic (exact) mass is 467 g/mol. The van der Waals surface area contributed by atoms with Gasteiger partial charge in [0.2, 0.25) is 4.80 Å². The van der Waals surface area contributed by atoms with Crippen molar-refractivity contribution in [3.8, 4) is 34.3 Å². The summed E-state index contributed by atoms with van der Waals surface area (Å²) in [5.74, 6) is 2.06. The van der Waals surface area contributed by atoms with Gasteiger partial charge in [-0.05, 0) is 37.6 Å². The van der Waals surface area contributed by atoms with E-state index in [1.165, 1.54) is 11.3 Å². The Morgan fingerprint density at radius 3 is 2.61 bits per heavy atom. The Balaban J connectivity index is 2.06. The largest absolute Gasteiger partial charge is 0.507 e. The van der Waals surface area contributed by atoms with E-state index in [0.29, 0.717) is 40.8 Å². The highest BCUT2D eigenvalue weighted by atomic mass is 32.1. The van der Waals surface area contributed by atoms with Crippen molar-refractivity contribution < 1.29 is 19.3 Å². The van der Waals surface area contributed by atoms with Crippen molar-refractivity contribution in [1.82, 2.24) is 4.68 Å². The Bertz CT molecular complexity index is 1210. The van der Waals surface area contributed by atoms with Gasteiger partial charge in [0.1, 0.15) is 23.0 Å². The van der Waals surface area contributed by atoms with E-state index in [0.717, 1.165) is 23.3 Å². The molecule has 1 aromatic heterocycles. The number of thiazole rings is 1. The molecule has 0 bridgehead atoms. The van der Waals surface area contributed by atoms with Crippen LogP contribution in [0.2, 0.25) is 0 Å². The number of methoxy groups -OCH3 is 2. The van der Waals surface area contributed by atoms with Crippen molar-refractivity contribution in [3.63, 3.8) is 0 Å². The van der Waals surface area contributed by atoms with Crippen LogP contribution in [0.15, 0.2) is 64.0 Å². The number of aromatic hydroxyl groups is 1. The first kappa shape index (κ1) is 24.1. The first-order valence-corrected chi connectivity index (χ1v) is 11.4. The zero-order valence-corrected chi connectivity index (χ0v) is 20.2. The summed E-state index contributed by atoms with van der Waals surface area (Å²) in [6.07, 6.45) is 2.50. The van der Waals surface area contributed by atoms with Crippen molar-refractivity contribution in [2.24, 2.45) is 10.1 Å². The smallest absolute Gasteiger partial charge is 0.206 e. The van der Waals surface area contributed by atoms with E-state index in [4.69, 9.17) is 14.2 Å². The van der Waals surface area contributed by atoms with Crippen LogP contribution in [0.3, 0.4) is 0 Å². The van der Waals surface area contributed by atoms with Crippen LogP contribution < -0.4 is 19.0 Å². The van der Waals surface area contributed by atoms with Crippen LogP contribution in [-0.2, 0) is 0 Å². The lowest BCUT2D eigenvalue weighted by Gasteiger charge is -2.11. The highest BCUT2D eigenvalue weighted by Crippen LogP contribution is 2.33. The molecule has 33 heavy (non-hydrogen) atoms. The van der Waals surface area contributed by atoms with E-state index < -0.39 is 0 Å². The highest BCUT2D eigenvalue weighted by molar-refractivity contribution is 7.07. The fraction of sp³-hybridized carbons (Fsp3) is 0.280. The molecule has 0 aliphatic carbocycles. The predicted octanol–water partition coefficient (Wildman–Crippen LogP) is 5.09. The number of benzene rings is 2. The lowest BCUT2D eigenvalue weighted by Crippen LogP contribution is -2.13. The summed E-state index contributed by atoms with van der Waals surface area (Å²) in [5, 5.41) is 17.1. The normalized spacial score (nSPS) is 11.7. The van der Waals surface area contributed by atoms with Crippen LogP contribution in [0.1, 0.15) is 25.8 Å². The molecule has 0 radical (unpaired) electrons. The van der Waals surface area contributed by atoms with Crippen LogP contribution in [0.4, 0.5) is 0 Å². The second-order valence-electron chi connectivity index (χ2n) is 7.37. The average molecular weight is 468 g/mol. The van der Waals surface area contributed by atoms with Gasteiger partial charge < -0.3 is 19.3 Å². The third-order valence-corrected chi connectivity index (χ3v) is 5.50. The number of aromatic nitrogens is 1. The molecule has 0 aliphatic heterocycles. The van der Waals surface area contributed by atoms with Crippen LogP contribution >= 0.6 is 11.3 Å². The standard InChI is InChI=1S/C25H29N3O4S/c1-6-11-32-20-8-7-18(23(29)12-20)15-27-28-22(16-33-25(28)26-14-17(2)3)21-10-9-19(30-4)13-24(21)31-5/h7-10,12-13,15-16,29H,2,6,11,14H2,1,3-5H3. The van der Waals surface area contributed by atoms with Gasteiger partial charge in [0, 0.05) is 28.6 Å². The van der Waals surface area contributed by atoms with Crippen molar-refractivity contribution >= 4 is 17.6 Å². The minimum Gasteiger partial charge on any atom is -0.507 e. The molecule has 3 aromatic rings. The van der Waals surface area contributed by atoms with Crippen molar-refractivity contribution in [2.75, 3.05) is 27.4 Å². The van der Waals surface area contributed by atoms with Gasteiger partial charge in [-0.3, -0.25) is 4.99 Å². The van der Waals surface area contributed by atoms with Crippen LogP contribution in [0, 0.1) is 0 Å². The molecular weight excluding hydrogens is 438 g/mol. The molecule has 1 heterocycles. The number of phenols is 1. The van der Waals surface area contributed by atoms with E-state index in [9.17, 15) is 5.11 Å². The summed E-state index contributed by atoms with van der Waals surface area (Å²) in [4.78, 5) is 5.34. The predicted molar refractivity (Wildman–Crippen MR) is 133 cm³/mol. The van der Waals surface area contributed by atoms with Crippen LogP contribution in [-0.4, -0.2) is 43.4 Å². The second kappa shape index (κ2) is 11.4. The molecule has 0 atom stereocenters. The first-order chi connectivity index (χ1) is 16.0. The van der Waals surface area contributed by atoms with E-state index in [1.807, 2.05) is 43.5 Å². The second-order valence-corrected chi connectivity index (χ2v) is 8.21. The van der Waals surface area contributed by atoms with E-state index in [1.54, 1.807) is 37.2 Å². The zero-order valence-electron chi connectivity index (χ0n) is 19.4. The fourth-order valence-corrected chi connectivity index (χ4v) is 3.81. The number of hydrogen-bond donors (Lipinski definition) is 1. The molecule has 0 saturated heterocycles. The molecular formula is C25H29N3O4S. The van der Waals surface area contributed by atoms with Gasteiger partial charge in [0.05, 0.1) is 39.3 Å². The Labute approximate surface area is 197 Å². The molecule has 0 amide bonds. The van der Waals surface area contributed by atoms with Crippen molar-refractivity contribution in [3.05, 3.63) is 64.3 Å². The Hall–Kier alpha value is -3.52. The average Bonchev–Trinajstić information content (AvgIpc) is 3.22. The fourth-order valence-electron chi connectivity index (χ4n) is 2.98. The molecule has 0 saturated carbocycles. The third-order valence-electron chi connectivity index (χ3n) is 4.64. The lowest BCUT2D eigenvalue weighted by molar-refractivity contribution is 0.315. The van der Waals surface area contributed by atoms with Crippen molar-refractivity contribution in [2.45, 2.75) is 20.3 Å². The molecule has 2 aromatic carbocycles. The topological polar surface area (TPSA) is 77.6 Å². The Morgan fingerprint density at radius 2 is 1.94 bits per heavy atom.